The first-order valence-corrected chi connectivity index (χ1v) is 3.56. The molecule has 58 valence electrons. The number of benzene rings is 1. The van der Waals surface area contributed by atoms with E-state index in [0.29, 0.717) is 12.3 Å². The fraction of sp³-hybridized carbons (Fsp3) is 0.250. The van der Waals surface area contributed by atoms with Crippen LogP contribution in [0.3, 0.4) is 0 Å². The minimum absolute atomic E-state index is 0.252. The quantitative estimate of drug-likeness (QED) is 0.547. The highest BCUT2D eigenvalue weighted by atomic mass is 16.5. The van der Waals surface area contributed by atoms with Gasteiger partial charge in [-0.05, 0) is 12.1 Å². The fourth-order valence-corrected chi connectivity index (χ4v) is 1.15. The largest absolute Gasteiger partial charge is 0.506 e. The SMILES string of the molecule is Oc1cccc2c1NCCO2. The number of para-hydroxylation sites is 1. The Balaban J connectivity index is 2.49. The highest BCUT2D eigenvalue weighted by Gasteiger charge is 2.11. The van der Waals surface area contributed by atoms with Crippen molar-refractivity contribution in [2.24, 2.45) is 0 Å². The van der Waals surface area contributed by atoms with Gasteiger partial charge in [0.25, 0.3) is 0 Å². The number of anilines is 1. The van der Waals surface area contributed by atoms with Crippen LogP contribution in [-0.4, -0.2) is 18.3 Å². The van der Waals surface area contributed by atoms with Crippen LogP contribution in [0.4, 0.5) is 5.69 Å². The second kappa shape index (κ2) is 2.34. The first-order valence-electron chi connectivity index (χ1n) is 3.56. The van der Waals surface area contributed by atoms with E-state index in [2.05, 4.69) is 5.32 Å². The molecule has 0 atom stereocenters. The van der Waals surface area contributed by atoms with E-state index in [0.717, 1.165) is 12.3 Å². The van der Waals surface area contributed by atoms with Crippen molar-refractivity contribution >= 4 is 5.69 Å². The molecule has 1 aliphatic heterocycles. The fourth-order valence-electron chi connectivity index (χ4n) is 1.15. The molecular formula is C8H9NO2. The van der Waals surface area contributed by atoms with Crippen molar-refractivity contribution in [1.29, 1.82) is 0 Å². The highest BCUT2D eigenvalue weighted by Crippen LogP contribution is 2.34. The van der Waals surface area contributed by atoms with Gasteiger partial charge in [0.2, 0.25) is 0 Å². The molecule has 0 unspecified atom stereocenters. The van der Waals surface area contributed by atoms with Crippen molar-refractivity contribution in [3.63, 3.8) is 0 Å². The lowest BCUT2D eigenvalue weighted by Gasteiger charge is -2.19. The number of phenols is 1. The minimum Gasteiger partial charge on any atom is -0.506 e. The summed E-state index contributed by atoms with van der Waals surface area (Å²) in [5.74, 6) is 0.985. The number of phenolic OH excluding ortho intramolecular Hbond substituents is 1. The number of fused-ring (bicyclic) bond motifs is 1. The summed E-state index contributed by atoms with van der Waals surface area (Å²) in [6, 6.07) is 5.24. The minimum atomic E-state index is 0.252. The van der Waals surface area contributed by atoms with E-state index in [1.807, 2.05) is 6.07 Å². The molecule has 0 radical (unpaired) electrons. The maximum atomic E-state index is 9.31. The normalized spacial score (nSPS) is 14.5. The zero-order valence-electron chi connectivity index (χ0n) is 6.00. The summed E-state index contributed by atoms with van der Waals surface area (Å²) in [7, 11) is 0. The van der Waals surface area contributed by atoms with Crippen LogP contribution >= 0.6 is 0 Å². The second-order valence-corrected chi connectivity index (χ2v) is 2.43. The Morgan fingerprint density at radius 2 is 2.36 bits per heavy atom. The number of hydrogen-bond acceptors (Lipinski definition) is 3. The van der Waals surface area contributed by atoms with Gasteiger partial charge in [-0.15, -0.1) is 0 Å². The Morgan fingerprint density at radius 3 is 3.18 bits per heavy atom. The number of aromatic hydroxyl groups is 1. The van der Waals surface area contributed by atoms with Gasteiger partial charge in [-0.3, -0.25) is 0 Å². The monoisotopic (exact) mass is 151 g/mol. The van der Waals surface area contributed by atoms with Crippen molar-refractivity contribution in [3.8, 4) is 11.5 Å². The molecule has 3 nitrogen and oxygen atoms in total. The van der Waals surface area contributed by atoms with Gasteiger partial charge in [0, 0.05) is 6.54 Å². The van der Waals surface area contributed by atoms with Gasteiger partial charge in [0.05, 0.1) is 0 Å². The zero-order chi connectivity index (χ0) is 7.68. The molecule has 0 bridgehead atoms. The summed E-state index contributed by atoms with van der Waals surface area (Å²) < 4.78 is 5.28. The van der Waals surface area contributed by atoms with Gasteiger partial charge < -0.3 is 15.2 Å². The van der Waals surface area contributed by atoms with E-state index in [-0.39, 0.29) is 5.75 Å². The van der Waals surface area contributed by atoms with Crippen molar-refractivity contribution < 1.29 is 9.84 Å². The molecule has 11 heavy (non-hydrogen) atoms. The summed E-state index contributed by atoms with van der Waals surface area (Å²) in [6.07, 6.45) is 0. The van der Waals surface area contributed by atoms with Gasteiger partial charge in [-0.1, -0.05) is 6.07 Å². The molecule has 1 heterocycles. The summed E-state index contributed by atoms with van der Waals surface area (Å²) in [6.45, 7) is 1.42. The smallest absolute Gasteiger partial charge is 0.146 e. The van der Waals surface area contributed by atoms with Crippen LogP contribution in [0.5, 0.6) is 11.5 Å². The Hall–Kier alpha value is -1.38. The molecule has 1 aromatic carbocycles. The molecule has 0 spiro atoms. The van der Waals surface area contributed by atoms with Crippen LogP contribution in [0.25, 0.3) is 0 Å². The lowest BCUT2D eigenvalue weighted by Crippen LogP contribution is -2.17. The average Bonchev–Trinajstić information content (AvgIpc) is 2.06. The Labute approximate surface area is 64.6 Å². The third kappa shape index (κ3) is 0.981. The van der Waals surface area contributed by atoms with E-state index >= 15 is 0 Å². The number of rotatable bonds is 0. The molecule has 0 saturated carbocycles. The lowest BCUT2D eigenvalue weighted by atomic mass is 10.2. The third-order valence-electron chi connectivity index (χ3n) is 1.67. The summed E-state index contributed by atoms with van der Waals surface area (Å²) in [5.41, 5.74) is 0.707. The maximum absolute atomic E-state index is 9.31. The van der Waals surface area contributed by atoms with E-state index in [1.54, 1.807) is 12.1 Å². The van der Waals surface area contributed by atoms with E-state index in [9.17, 15) is 5.11 Å². The Kier molecular flexibility index (Phi) is 1.35. The Bertz CT molecular complexity index is 273. The lowest BCUT2D eigenvalue weighted by molar-refractivity contribution is 0.320. The first kappa shape index (κ1) is 6.34. The van der Waals surface area contributed by atoms with Crippen molar-refractivity contribution in [1.82, 2.24) is 0 Å². The van der Waals surface area contributed by atoms with Gasteiger partial charge in [-0.25, -0.2) is 0 Å². The average molecular weight is 151 g/mol. The third-order valence-corrected chi connectivity index (χ3v) is 1.67. The van der Waals surface area contributed by atoms with Gasteiger partial charge in [-0.2, -0.15) is 0 Å². The molecule has 2 N–H and O–H groups in total. The molecule has 0 fully saturated rings. The van der Waals surface area contributed by atoms with Crippen LogP contribution in [0.1, 0.15) is 0 Å². The van der Waals surface area contributed by atoms with Crippen LogP contribution < -0.4 is 10.1 Å². The number of nitrogens with one attached hydrogen (secondary N) is 1. The first-order chi connectivity index (χ1) is 5.38. The summed E-state index contributed by atoms with van der Waals surface area (Å²) in [5, 5.41) is 12.4. The predicted molar refractivity (Wildman–Crippen MR) is 42.1 cm³/mol. The second-order valence-electron chi connectivity index (χ2n) is 2.43. The van der Waals surface area contributed by atoms with Gasteiger partial charge in [0.15, 0.2) is 0 Å². The van der Waals surface area contributed by atoms with Gasteiger partial charge in [0.1, 0.15) is 23.8 Å². The molecule has 0 saturated heterocycles. The van der Waals surface area contributed by atoms with Crippen LogP contribution in [0.2, 0.25) is 0 Å². The van der Waals surface area contributed by atoms with Crippen molar-refractivity contribution in [2.45, 2.75) is 0 Å². The summed E-state index contributed by atoms with van der Waals surface area (Å²) in [4.78, 5) is 0. The van der Waals surface area contributed by atoms with Crippen LogP contribution in [0, 0.1) is 0 Å². The maximum Gasteiger partial charge on any atom is 0.146 e. The topological polar surface area (TPSA) is 41.5 Å². The predicted octanol–water partition coefficient (Wildman–Crippen LogP) is 1.20. The van der Waals surface area contributed by atoms with Crippen LogP contribution in [0.15, 0.2) is 18.2 Å². The zero-order valence-corrected chi connectivity index (χ0v) is 6.00. The standard InChI is InChI=1S/C8H9NO2/c10-6-2-1-3-7-8(6)9-4-5-11-7/h1-3,9-10H,4-5H2. The molecule has 2 rings (SSSR count). The van der Waals surface area contributed by atoms with Gasteiger partial charge >= 0.3 is 0 Å². The van der Waals surface area contributed by atoms with E-state index in [1.165, 1.54) is 0 Å². The molecule has 3 heteroatoms. The molecule has 0 aromatic heterocycles. The van der Waals surface area contributed by atoms with E-state index < -0.39 is 0 Å². The number of hydrogen-bond donors (Lipinski definition) is 2. The highest BCUT2D eigenvalue weighted by molar-refractivity contribution is 5.66. The number of ether oxygens (including phenoxy) is 1. The van der Waals surface area contributed by atoms with Crippen molar-refractivity contribution in [3.05, 3.63) is 18.2 Å². The molecule has 1 aliphatic rings. The Morgan fingerprint density at radius 1 is 1.45 bits per heavy atom. The van der Waals surface area contributed by atoms with E-state index in [4.69, 9.17) is 4.74 Å². The molecule has 1 aromatic rings. The molecule has 0 amide bonds. The van der Waals surface area contributed by atoms with Crippen LogP contribution in [-0.2, 0) is 0 Å². The van der Waals surface area contributed by atoms with Crippen molar-refractivity contribution in [2.75, 3.05) is 18.5 Å². The molecule has 0 aliphatic carbocycles. The molecular weight excluding hydrogens is 142 g/mol. The summed E-state index contributed by atoms with van der Waals surface area (Å²) >= 11 is 0.